The highest BCUT2D eigenvalue weighted by Gasteiger charge is 2.30. The zero-order chi connectivity index (χ0) is 19.1. The number of hydrogen-bond donors (Lipinski definition) is 0. The van der Waals surface area contributed by atoms with Gasteiger partial charge in [0.1, 0.15) is 12.3 Å². The van der Waals surface area contributed by atoms with Gasteiger partial charge in [0.25, 0.3) is 0 Å². The first-order valence-corrected chi connectivity index (χ1v) is 9.31. The van der Waals surface area contributed by atoms with Crippen molar-refractivity contribution in [2.45, 2.75) is 31.6 Å². The van der Waals surface area contributed by atoms with Crippen LogP contribution in [0.25, 0.3) is 11.0 Å². The summed E-state index contributed by atoms with van der Waals surface area (Å²) in [5.74, 6) is -1.11. The SMILES string of the molecule is COCCOC(=O)C(C#N)c1nc2ccccc2nc1N1CCCCCC1. The lowest BCUT2D eigenvalue weighted by Crippen LogP contribution is -2.29. The summed E-state index contributed by atoms with van der Waals surface area (Å²) in [6.45, 7) is 2.08. The fraction of sp³-hybridized carbons (Fsp3) is 0.500. The molecule has 27 heavy (non-hydrogen) atoms. The molecule has 0 N–H and O–H groups in total. The third kappa shape index (κ3) is 4.52. The van der Waals surface area contributed by atoms with Crippen LogP contribution < -0.4 is 4.90 Å². The molecule has 0 saturated carbocycles. The Morgan fingerprint density at radius 3 is 2.44 bits per heavy atom. The van der Waals surface area contributed by atoms with Gasteiger partial charge in [-0.25, -0.2) is 9.97 Å². The smallest absolute Gasteiger partial charge is 0.329 e. The van der Waals surface area contributed by atoms with Crippen molar-refractivity contribution in [2.24, 2.45) is 0 Å². The van der Waals surface area contributed by atoms with E-state index in [0.29, 0.717) is 17.0 Å². The van der Waals surface area contributed by atoms with Crippen LogP contribution in [0.2, 0.25) is 0 Å². The largest absolute Gasteiger partial charge is 0.462 e. The van der Waals surface area contributed by atoms with Crippen molar-refractivity contribution in [3.8, 4) is 6.07 Å². The van der Waals surface area contributed by atoms with Crippen LogP contribution in [-0.4, -0.2) is 49.4 Å². The van der Waals surface area contributed by atoms with Crippen LogP contribution in [-0.2, 0) is 14.3 Å². The molecule has 0 radical (unpaired) electrons. The zero-order valence-corrected chi connectivity index (χ0v) is 15.6. The second-order valence-corrected chi connectivity index (χ2v) is 6.54. The molecule has 2 heterocycles. The minimum Gasteiger partial charge on any atom is -0.462 e. The molecule has 2 aromatic rings. The predicted molar refractivity (Wildman–Crippen MR) is 101 cm³/mol. The molecule has 1 aromatic heterocycles. The highest BCUT2D eigenvalue weighted by Crippen LogP contribution is 2.29. The van der Waals surface area contributed by atoms with Crippen LogP contribution in [0.1, 0.15) is 37.3 Å². The Morgan fingerprint density at radius 1 is 1.15 bits per heavy atom. The molecule has 0 amide bonds. The maximum atomic E-state index is 12.5. The number of carbonyl (C=O) groups is 1. The Balaban J connectivity index is 2.01. The van der Waals surface area contributed by atoms with Gasteiger partial charge >= 0.3 is 5.97 Å². The summed E-state index contributed by atoms with van der Waals surface area (Å²) in [4.78, 5) is 24.1. The molecule has 1 unspecified atom stereocenters. The van der Waals surface area contributed by atoms with Gasteiger partial charge in [-0.1, -0.05) is 25.0 Å². The van der Waals surface area contributed by atoms with Crippen LogP contribution in [0.15, 0.2) is 24.3 Å². The molecular weight excluding hydrogens is 344 g/mol. The number of anilines is 1. The van der Waals surface area contributed by atoms with E-state index in [2.05, 4.69) is 16.0 Å². The van der Waals surface area contributed by atoms with Gasteiger partial charge in [-0.15, -0.1) is 0 Å². The van der Waals surface area contributed by atoms with E-state index in [9.17, 15) is 10.1 Å². The number of hydrogen-bond acceptors (Lipinski definition) is 7. The normalized spacial score (nSPS) is 15.8. The number of aromatic nitrogens is 2. The van der Waals surface area contributed by atoms with E-state index >= 15 is 0 Å². The summed E-state index contributed by atoms with van der Waals surface area (Å²) in [5.41, 5.74) is 1.79. The summed E-state index contributed by atoms with van der Waals surface area (Å²) in [5, 5.41) is 9.69. The Bertz CT molecular complexity index is 826. The number of nitrogens with zero attached hydrogens (tertiary/aromatic N) is 4. The average molecular weight is 368 g/mol. The second-order valence-electron chi connectivity index (χ2n) is 6.54. The summed E-state index contributed by atoms with van der Waals surface area (Å²) in [7, 11) is 1.53. The number of carbonyl (C=O) groups excluding carboxylic acids is 1. The van der Waals surface area contributed by atoms with E-state index in [1.807, 2.05) is 24.3 Å². The van der Waals surface area contributed by atoms with Gasteiger partial charge in [0.2, 0.25) is 0 Å². The Hall–Kier alpha value is -2.72. The maximum absolute atomic E-state index is 12.5. The van der Waals surface area contributed by atoms with Crippen molar-refractivity contribution in [1.82, 2.24) is 9.97 Å². The Kier molecular flexibility index (Phi) is 6.55. The van der Waals surface area contributed by atoms with Crippen molar-refractivity contribution < 1.29 is 14.3 Å². The fourth-order valence-electron chi connectivity index (χ4n) is 3.25. The molecular formula is C20H24N4O3. The number of methoxy groups -OCH3 is 1. The van der Waals surface area contributed by atoms with E-state index in [4.69, 9.17) is 14.5 Å². The monoisotopic (exact) mass is 368 g/mol. The third-order valence-corrected chi connectivity index (χ3v) is 4.65. The molecule has 142 valence electrons. The standard InChI is InChI=1S/C20H24N4O3/c1-26-12-13-27-20(25)15(14-21)18-19(24-10-6-2-3-7-11-24)23-17-9-5-4-8-16(17)22-18/h4-5,8-9,15H,2-3,6-7,10-13H2,1H3. The highest BCUT2D eigenvalue weighted by atomic mass is 16.6. The Morgan fingerprint density at radius 2 is 1.81 bits per heavy atom. The molecule has 7 nitrogen and oxygen atoms in total. The Labute approximate surface area is 158 Å². The van der Waals surface area contributed by atoms with Crippen molar-refractivity contribution in [3.05, 3.63) is 30.0 Å². The summed E-state index contributed by atoms with van der Waals surface area (Å²) in [6, 6.07) is 9.56. The molecule has 1 aromatic carbocycles. The fourth-order valence-corrected chi connectivity index (χ4v) is 3.25. The summed E-state index contributed by atoms with van der Waals surface area (Å²) < 4.78 is 10.1. The number of esters is 1. The second kappa shape index (κ2) is 9.28. The van der Waals surface area contributed by atoms with Crippen molar-refractivity contribution in [2.75, 3.05) is 38.3 Å². The molecule has 1 atom stereocenters. The molecule has 0 spiro atoms. The van der Waals surface area contributed by atoms with Gasteiger partial charge < -0.3 is 14.4 Å². The number of nitriles is 1. The summed E-state index contributed by atoms with van der Waals surface area (Å²) in [6.07, 6.45) is 4.47. The van der Waals surface area contributed by atoms with Crippen molar-refractivity contribution in [3.63, 3.8) is 0 Å². The molecule has 1 fully saturated rings. The van der Waals surface area contributed by atoms with Gasteiger partial charge in [-0.3, -0.25) is 4.79 Å². The van der Waals surface area contributed by atoms with Crippen LogP contribution in [0, 0.1) is 11.3 Å². The minimum absolute atomic E-state index is 0.105. The van der Waals surface area contributed by atoms with E-state index in [0.717, 1.165) is 31.4 Å². The predicted octanol–water partition coefficient (Wildman–Crippen LogP) is 2.81. The lowest BCUT2D eigenvalue weighted by Gasteiger charge is -2.25. The van der Waals surface area contributed by atoms with Crippen molar-refractivity contribution in [1.29, 1.82) is 5.26 Å². The number of fused-ring (bicyclic) bond motifs is 1. The molecule has 0 bridgehead atoms. The van der Waals surface area contributed by atoms with Gasteiger partial charge in [0.15, 0.2) is 11.7 Å². The third-order valence-electron chi connectivity index (χ3n) is 4.65. The lowest BCUT2D eigenvalue weighted by molar-refractivity contribution is -0.145. The molecule has 7 heteroatoms. The number of ether oxygens (including phenoxy) is 2. The van der Waals surface area contributed by atoms with E-state index in [1.165, 1.54) is 20.0 Å². The molecule has 1 saturated heterocycles. The van der Waals surface area contributed by atoms with E-state index in [1.54, 1.807) is 0 Å². The number of benzene rings is 1. The number of para-hydroxylation sites is 2. The lowest BCUT2D eigenvalue weighted by atomic mass is 10.1. The molecule has 3 rings (SSSR count). The molecule has 0 aliphatic carbocycles. The van der Waals surface area contributed by atoms with Gasteiger partial charge in [0.05, 0.1) is 23.7 Å². The van der Waals surface area contributed by atoms with Gasteiger partial charge in [0, 0.05) is 20.2 Å². The first kappa shape index (κ1) is 19.1. The van der Waals surface area contributed by atoms with E-state index < -0.39 is 11.9 Å². The average Bonchev–Trinajstić information content (AvgIpc) is 2.97. The van der Waals surface area contributed by atoms with Crippen LogP contribution in [0.4, 0.5) is 5.82 Å². The first-order valence-electron chi connectivity index (χ1n) is 9.31. The van der Waals surface area contributed by atoms with Crippen LogP contribution in [0.5, 0.6) is 0 Å². The maximum Gasteiger partial charge on any atom is 0.329 e. The molecule has 1 aliphatic rings. The zero-order valence-electron chi connectivity index (χ0n) is 15.6. The van der Waals surface area contributed by atoms with E-state index in [-0.39, 0.29) is 13.2 Å². The van der Waals surface area contributed by atoms with Crippen LogP contribution in [0.3, 0.4) is 0 Å². The molecule has 1 aliphatic heterocycles. The van der Waals surface area contributed by atoms with Crippen LogP contribution >= 0.6 is 0 Å². The summed E-state index contributed by atoms with van der Waals surface area (Å²) >= 11 is 0. The first-order chi connectivity index (χ1) is 13.2. The highest BCUT2D eigenvalue weighted by molar-refractivity contribution is 5.85. The van der Waals surface area contributed by atoms with Gasteiger partial charge in [-0.2, -0.15) is 5.26 Å². The van der Waals surface area contributed by atoms with Gasteiger partial charge in [-0.05, 0) is 25.0 Å². The van der Waals surface area contributed by atoms with Crippen molar-refractivity contribution >= 4 is 22.8 Å². The minimum atomic E-state index is -1.11. The topological polar surface area (TPSA) is 88.3 Å². The number of rotatable bonds is 6. The quantitative estimate of drug-likeness (QED) is 0.572.